The van der Waals surface area contributed by atoms with Crippen LogP contribution in [0.5, 0.6) is 0 Å². The number of fused-ring (bicyclic) bond motifs is 1. The van der Waals surface area contributed by atoms with Crippen LogP contribution in [0.4, 0.5) is 14.5 Å². The SMILES string of the molecule is CS(C)(=O)=Nc1ccc(-c2c(F)cc3[nH]c(-c4noc(=O)[nH]4)cc3c2F)cc1. The molecular weight excluding hydrogens is 390 g/mol. The van der Waals surface area contributed by atoms with Crippen molar-refractivity contribution in [2.45, 2.75) is 0 Å². The molecule has 0 saturated carbocycles. The summed E-state index contributed by atoms with van der Waals surface area (Å²) in [5, 5.41) is 3.66. The van der Waals surface area contributed by atoms with E-state index in [2.05, 4.69) is 24.0 Å². The van der Waals surface area contributed by atoms with Gasteiger partial charge in [0.25, 0.3) is 0 Å². The van der Waals surface area contributed by atoms with Crippen molar-refractivity contribution in [1.29, 1.82) is 0 Å². The predicted octanol–water partition coefficient (Wildman–Crippen LogP) is 3.82. The number of rotatable bonds is 3. The van der Waals surface area contributed by atoms with Gasteiger partial charge in [-0.25, -0.2) is 17.8 Å². The van der Waals surface area contributed by atoms with E-state index in [4.69, 9.17) is 0 Å². The number of benzene rings is 2. The standard InChI is InChI=1S/C18H14F2N4O3S/c1-28(2,26)24-10-5-3-9(4-6-10)15-12(19)8-13-11(16(15)20)7-14(21-13)17-22-18(25)27-23-17/h3-8,21H,1-2H3,(H,22,23,25). The lowest BCUT2D eigenvalue weighted by molar-refractivity contribution is 0.388. The van der Waals surface area contributed by atoms with E-state index in [1.807, 2.05) is 0 Å². The topological polar surface area (TPSA) is 104 Å². The highest BCUT2D eigenvalue weighted by molar-refractivity contribution is 7.92. The lowest BCUT2D eigenvalue weighted by Gasteiger charge is -2.07. The zero-order valence-corrected chi connectivity index (χ0v) is 15.6. The normalized spacial score (nSPS) is 11.9. The smallest absolute Gasteiger partial charge is 0.352 e. The molecule has 0 aliphatic heterocycles. The predicted molar refractivity (Wildman–Crippen MR) is 102 cm³/mol. The minimum absolute atomic E-state index is 0.0799. The number of aromatic amines is 2. The van der Waals surface area contributed by atoms with E-state index in [1.54, 1.807) is 12.1 Å². The van der Waals surface area contributed by atoms with E-state index in [1.165, 1.54) is 36.8 Å². The fraction of sp³-hybridized carbons (Fsp3) is 0.111. The number of hydrogen-bond donors (Lipinski definition) is 2. The van der Waals surface area contributed by atoms with E-state index >= 15 is 4.39 Å². The fourth-order valence-electron chi connectivity index (χ4n) is 2.89. The maximum Gasteiger partial charge on any atom is 0.439 e. The van der Waals surface area contributed by atoms with Crippen LogP contribution in [0, 0.1) is 11.6 Å². The van der Waals surface area contributed by atoms with Gasteiger partial charge in [-0.1, -0.05) is 17.3 Å². The quantitative estimate of drug-likeness (QED) is 0.542. The molecule has 0 spiro atoms. The second-order valence-electron chi connectivity index (χ2n) is 6.45. The van der Waals surface area contributed by atoms with Gasteiger partial charge in [0.2, 0.25) is 0 Å². The van der Waals surface area contributed by atoms with Crippen LogP contribution >= 0.6 is 0 Å². The Morgan fingerprint density at radius 1 is 1.11 bits per heavy atom. The molecule has 10 heteroatoms. The lowest BCUT2D eigenvalue weighted by Crippen LogP contribution is -1.94. The third-order valence-electron chi connectivity index (χ3n) is 3.99. The van der Waals surface area contributed by atoms with Crippen LogP contribution in [-0.2, 0) is 9.73 Å². The summed E-state index contributed by atoms with van der Waals surface area (Å²) in [6, 6.07) is 8.70. The largest absolute Gasteiger partial charge is 0.439 e. The molecule has 144 valence electrons. The van der Waals surface area contributed by atoms with E-state index in [0.717, 1.165) is 0 Å². The van der Waals surface area contributed by atoms with E-state index in [9.17, 15) is 13.4 Å². The first kappa shape index (κ1) is 18.1. The van der Waals surface area contributed by atoms with Crippen molar-refractivity contribution in [3.8, 4) is 22.6 Å². The van der Waals surface area contributed by atoms with Crippen LogP contribution in [0.2, 0.25) is 0 Å². The molecule has 0 radical (unpaired) electrons. The highest BCUT2D eigenvalue weighted by Crippen LogP contribution is 2.34. The van der Waals surface area contributed by atoms with Gasteiger partial charge in [-0.2, -0.15) is 4.36 Å². The Labute approximate surface area is 157 Å². The fourth-order valence-corrected chi connectivity index (χ4v) is 3.51. The summed E-state index contributed by atoms with van der Waals surface area (Å²) in [5.74, 6) is -2.19. The highest BCUT2D eigenvalue weighted by atomic mass is 32.2. The molecule has 28 heavy (non-hydrogen) atoms. The van der Waals surface area contributed by atoms with E-state index in [-0.39, 0.29) is 28.0 Å². The summed E-state index contributed by atoms with van der Waals surface area (Å²) in [5.41, 5.74) is 1.06. The molecule has 4 aromatic rings. The number of halogens is 2. The van der Waals surface area contributed by atoms with Gasteiger partial charge >= 0.3 is 5.76 Å². The first-order valence-corrected chi connectivity index (χ1v) is 10.4. The van der Waals surface area contributed by atoms with Crippen molar-refractivity contribution < 1.29 is 17.5 Å². The second-order valence-corrected chi connectivity index (χ2v) is 9.00. The molecule has 0 saturated heterocycles. The van der Waals surface area contributed by atoms with Gasteiger partial charge in [0.15, 0.2) is 5.82 Å². The minimum atomic E-state index is -2.34. The zero-order valence-electron chi connectivity index (χ0n) is 14.7. The van der Waals surface area contributed by atoms with Crippen molar-refractivity contribution >= 4 is 26.3 Å². The summed E-state index contributed by atoms with van der Waals surface area (Å²) in [6.45, 7) is 0. The molecule has 0 fully saturated rings. The summed E-state index contributed by atoms with van der Waals surface area (Å²) in [4.78, 5) is 16.2. The minimum Gasteiger partial charge on any atom is -0.352 e. The Bertz CT molecular complexity index is 1370. The molecule has 0 atom stereocenters. The van der Waals surface area contributed by atoms with Gasteiger partial charge in [-0.05, 0) is 29.8 Å². The molecular formula is C18H14F2N4O3S. The summed E-state index contributed by atoms with van der Waals surface area (Å²) < 4.78 is 50.0. The molecule has 2 aromatic carbocycles. The lowest BCUT2D eigenvalue weighted by atomic mass is 10.0. The Hall–Kier alpha value is -3.27. The van der Waals surface area contributed by atoms with Gasteiger partial charge in [0.05, 0.1) is 22.5 Å². The van der Waals surface area contributed by atoms with Gasteiger partial charge in [-0.15, -0.1) is 0 Å². The Morgan fingerprint density at radius 2 is 1.82 bits per heavy atom. The second kappa shape index (κ2) is 6.41. The molecule has 2 heterocycles. The molecule has 2 aromatic heterocycles. The number of hydrogen-bond acceptors (Lipinski definition) is 5. The van der Waals surface area contributed by atoms with Gasteiger partial charge < -0.3 is 4.98 Å². The summed E-state index contributed by atoms with van der Waals surface area (Å²) in [7, 11) is -2.34. The molecule has 0 amide bonds. The van der Waals surface area contributed by atoms with Crippen molar-refractivity contribution in [3.63, 3.8) is 0 Å². The van der Waals surface area contributed by atoms with E-state index in [0.29, 0.717) is 11.3 Å². The molecule has 0 unspecified atom stereocenters. The van der Waals surface area contributed by atoms with Crippen LogP contribution in [0.3, 0.4) is 0 Å². The van der Waals surface area contributed by atoms with Crippen LogP contribution in [0.15, 0.2) is 50.1 Å². The molecule has 2 N–H and O–H groups in total. The first-order chi connectivity index (χ1) is 13.2. The Balaban J connectivity index is 1.83. The van der Waals surface area contributed by atoms with Crippen molar-refractivity contribution in [1.82, 2.24) is 15.1 Å². The summed E-state index contributed by atoms with van der Waals surface area (Å²) in [6.07, 6.45) is 3.00. The Morgan fingerprint density at radius 3 is 2.43 bits per heavy atom. The van der Waals surface area contributed by atoms with Crippen LogP contribution < -0.4 is 5.76 Å². The average Bonchev–Trinajstić information content (AvgIpc) is 3.21. The van der Waals surface area contributed by atoms with Crippen molar-refractivity contribution in [2.75, 3.05) is 12.5 Å². The third kappa shape index (κ3) is 3.33. The number of H-pyrrole nitrogens is 2. The van der Waals surface area contributed by atoms with Crippen molar-refractivity contribution in [3.05, 3.63) is 58.6 Å². The Kier molecular flexibility index (Phi) is 4.15. The zero-order chi connectivity index (χ0) is 20.1. The van der Waals surface area contributed by atoms with Crippen LogP contribution in [0.1, 0.15) is 0 Å². The van der Waals surface area contributed by atoms with Gasteiger partial charge in [0.1, 0.15) is 11.6 Å². The number of nitrogens with zero attached hydrogens (tertiary/aromatic N) is 2. The molecule has 0 aliphatic carbocycles. The average molecular weight is 404 g/mol. The van der Waals surface area contributed by atoms with Crippen LogP contribution in [-0.4, -0.2) is 31.8 Å². The molecule has 4 rings (SSSR count). The maximum atomic E-state index is 15.1. The first-order valence-electron chi connectivity index (χ1n) is 8.06. The highest BCUT2D eigenvalue weighted by Gasteiger charge is 2.19. The monoisotopic (exact) mass is 404 g/mol. The van der Waals surface area contributed by atoms with E-state index < -0.39 is 27.1 Å². The molecule has 0 aliphatic rings. The molecule has 0 bridgehead atoms. The molecule has 7 nitrogen and oxygen atoms in total. The number of aromatic nitrogens is 3. The number of nitrogens with one attached hydrogen (secondary N) is 2. The third-order valence-corrected chi connectivity index (χ3v) is 4.64. The van der Waals surface area contributed by atoms with Crippen molar-refractivity contribution in [2.24, 2.45) is 4.36 Å². The maximum absolute atomic E-state index is 15.1. The van der Waals surface area contributed by atoms with Crippen LogP contribution in [0.25, 0.3) is 33.5 Å². The summed E-state index contributed by atoms with van der Waals surface area (Å²) >= 11 is 0. The van der Waals surface area contributed by atoms with Gasteiger partial charge in [0, 0.05) is 27.6 Å². The van der Waals surface area contributed by atoms with Gasteiger partial charge in [-0.3, -0.25) is 9.51 Å².